The number of rotatable bonds is 5. The molecule has 1 amide bonds. The summed E-state index contributed by atoms with van der Waals surface area (Å²) in [5.74, 6) is -3.87. The normalized spacial score (nSPS) is 23.3. The maximum atomic E-state index is 14.4. The van der Waals surface area contributed by atoms with Crippen LogP contribution in [0.15, 0.2) is 35.5 Å². The summed E-state index contributed by atoms with van der Waals surface area (Å²) in [6.45, 7) is 3.42. The van der Waals surface area contributed by atoms with E-state index < -0.39 is 17.8 Å². The van der Waals surface area contributed by atoms with Crippen LogP contribution in [0.2, 0.25) is 0 Å². The first-order valence-corrected chi connectivity index (χ1v) is 11.5. The number of piperidine rings is 1. The average Bonchev–Trinajstić information content (AvgIpc) is 2.70. The Morgan fingerprint density at radius 1 is 1.23 bits per heavy atom. The van der Waals surface area contributed by atoms with Crippen LogP contribution in [0, 0.1) is 11.8 Å². The van der Waals surface area contributed by atoms with Gasteiger partial charge in [0.05, 0.1) is 5.56 Å². The lowest BCUT2D eigenvalue weighted by Gasteiger charge is -2.42. The quantitative estimate of drug-likeness (QED) is 0.647. The molecule has 3 heterocycles. The molecule has 6 nitrogen and oxygen atoms in total. The SMILES string of the molecule is CC1CN(c2nc(C3CCC3)ccc2C(=O)Nc2ccnc(SN)c2)CC(C)C1(F)F. The Kier molecular flexibility index (Phi) is 6.16. The molecule has 4 rings (SSSR count). The van der Waals surface area contributed by atoms with E-state index in [1.54, 1.807) is 38.2 Å². The Balaban J connectivity index is 1.66. The molecule has 31 heavy (non-hydrogen) atoms. The van der Waals surface area contributed by atoms with Crippen LogP contribution in [0.4, 0.5) is 20.3 Å². The largest absolute Gasteiger partial charge is 0.355 e. The van der Waals surface area contributed by atoms with Gasteiger partial charge in [-0.25, -0.2) is 18.7 Å². The van der Waals surface area contributed by atoms with Crippen molar-refractivity contribution < 1.29 is 13.6 Å². The zero-order valence-corrected chi connectivity index (χ0v) is 18.5. The number of pyridine rings is 2. The fourth-order valence-corrected chi connectivity index (χ4v) is 4.52. The Labute approximate surface area is 185 Å². The van der Waals surface area contributed by atoms with Crippen molar-refractivity contribution in [2.45, 2.75) is 50.0 Å². The summed E-state index contributed by atoms with van der Waals surface area (Å²) in [4.78, 5) is 23.9. The van der Waals surface area contributed by atoms with Crippen LogP contribution in [0.3, 0.4) is 0 Å². The van der Waals surface area contributed by atoms with Gasteiger partial charge in [0.2, 0.25) is 0 Å². The highest BCUT2D eigenvalue weighted by atomic mass is 32.2. The Morgan fingerprint density at radius 3 is 2.55 bits per heavy atom. The predicted octanol–water partition coefficient (Wildman–Crippen LogP) is 4.69. The van der Waals surface area contributed by atoms with Crippen LogP contribution in [0.25, 0.3) is 0 Å². The van der Waals surface area contributed by atoms with Gasteiger partial charge in [0.25, 0.3) is 11.8 Å². The van der Waals surface area contributed by atoms with E-state index in [2.05, 4.69) is 10.3 Å². The van der Waals surface area contributed by atoms with Crippen LogP contribution in [0.1, 0.15) is 55.1 Å². The highest BCUT2D eigenvalue weighted by Gasteiger charge is 2.47. The van der Waals surface area contributed by atoms with E-state index >= 15 is 0 Å². The first-order chi connectivity index (χ1) is 14.8. The minimum Gasteiger partial charge on any atom is -0.355 e. The molecular weight excluding hydrogens is 420 g/mol. The van der Waals surface area contributed by atoms with E-state index in [9.17, 15) is 13.6 Å². The van der Waals surface area contributed by atoms with E-state index in [0.717, 1.165) is 36.9 Å². The van der Waals surface area contributed by atoms with E-state index in [4.69, 9.17) is 10.1 Å². The van der Waals surface area contributed by atoms with Gasteiger partial charge in [-0.3, -0.25) is 9.93 Å². The number of nitrogens with one attached hydrogen (secondary N) is 1. The number of aromatic nitrogens is 2. The van der Waals surface area contributed by atoms with Gasteiger partial charge in [-0.15, -0.1) is 0 Å². The number of halogens is 2. The maximum absolute atomic E-state index is 14.4. The van der Waals surface area contributed by atoms with Crippen LogP contribution < -0.4 is 15.4 Å². The second kappa shape index (κ2) is 8.70. The third-order valence-corrected chi connectivity index (χ3v) is 6.85. The number of amides is 1. The lowest BCUT2D eigenvalue weighted by atomic mass is 9.82. The molecule has 2 aromatic rings. The predicted molar refractivity (Wildman–Crippen MR) is 119 cm³/mol. The molecule has 1 aliphatic carbocycles. The molecule has 0 radical (unpaired) electrons. The zero-order valence-electron chi connectivity index (χ0n) is 17.6. The number of carbonyl (C=O) groups is 1. The Bertz CT molecular complexity index is 955. The van der Waals surface area contributed by atoms with Gasteiger partial charge in [0.1, 0.15) is 10.8 Å². The van der Waals surface area contributed by atoms with Crippen molar-refractivity contribution in [3.05, 3.63) is 41.7 Å². The number of nitrogens with zero attached hydrogens (tertiary/aromatic N) is 3. The highest BCUT2D eigenvalue weighted by molar-refractivity contribution is 7.97. The lowest BCUT2D eigenvalue weighted by Crippen LogP contribution is -2.52. The Hall–Kier alpha value is -2.26. The lowest BCUT2D eigenvalue weighted by molar-refractivity contribution is -0.105. The molecule has 0 spiro atoms. The first kappa shape index (κ1) is 22.0. The second-order valence-corrected chi connectivity index (χ2v) is 9.23. The average molecular weight is 448 g/mol. The smallest absolute Gasteiger partial charge is 0.259 e. The highest BCUT2D eigenvalue weighted by Crippen LogP contribution is 2.41. The van der Waals surface area contributed by atoms with E-state index in [1.807, 2.05) is 11.0 Å². The number of carbonyl (C=O) groups excluding carboxylic acids is 1. The summed E-state index contributed by atoms with van der Waals surface area (Å²) in [6, 6.07) is 7.03. The minimum atomic E-state index is -2.74. The molecule has 1 aliphatic heterocycles. The fourth-order valence-electron chi connectivity index (χ4n) is 4.20. The van der Waals surface area contributed by atoms with E-state index in [1.165, 1.54) is 0 Å². The second-order valence-electron chi connectivity index (χ2n) is 8.57. The standard InChI is InChI=1S/C22H27F2N5OS/c1-13-11-29(12-14(2)22(13,23)24)20-17(6-7-18(28-20)15-4-3-5-15)21(30)27-16-8-9-26-19(10-16)31-25/h6-10,13-15H,3-5,11-12,25H2,1-2H3,(H,26,27,30). The molecule has 1 saturated carbocycles. The van der Waals surface area contributed by atoms with Crippen molar-refractivity contribution in [3.63, 3.8) is 0 Å². The van der Waals surface area contributed by atoms with E-state index in [-0.39, 0.29) is 19.0 Å². The summed E-state index contributed by atoms with van der Waals surface area (Å²) in [5, 5.41) is 9.00. The van der Waals surface area contributed by atoms with Crippen molar-refractivity contribution in [1.29, 1.82) is 0 Å². The molecule has 2 unspecified atom stereocenters. The summed E-state index contributed by atoms with van der Waals surface area (Å²) in [7, 11) is 0. The molecule has 2 fully saturated rings. The first-order valence-electron chi connectivity index (χ1n) is 10.6. The molecule has 2 atom stereocenters. The van der Waals surface area contributed by atoms with Gasteiger partial charge in [0.15, 0.2) is 0 Å². The topological polar surface area (TPSA) is 84.1 Å². The summed E-state index contributed by atoms with van der Waals surface area (Å²) in [6.07, 6.45) is 4.87. The van der Waals surface area contributed by atoms with Crippen molar-refractivity contribution in [2.24, 2.45) is 17.0 Å². The molecule has 2 aromatic heterocycles. The van der Waals surface area contributed by atoms with Crippen molar-refractivity contribution in [1.82, 2.24) is 9.97 Å². The van der Waals surface area contributed by atoms with Gasteiger partial charge in [-0.1, -0.05) is 20.3 Å². The van der Waals surface area contributed by atoms with Crippen LogP contribution >= 0.6 is 11.9 Å². The van der Waals surface area contributed by atoms with Gasteiger partial charge >= 0.3 is 0 Å². The van der Waals surface area contributed by atoms with Crippen molar-refractivity contribution in [2.75, 3.05) is 23.3 Å². The number of hydrogen-bond donors (Lipinski definition) is 2. The molecule has 166 valence electrons. The number of alkyl halides is 2. The Morgan fingerprint density at radius 2 is 1.94 bits per heavy atom. The van der Waals surface area contributed by atoms with Crippen molar-refractivity contribution in [3.8, 4) is 0 Å². The van der Waals surface area contributed by atoms with Crippen molar-refractivity contribution >= 4 is 29.4 Å². The van der Waals surface area contributed by atoms with Crippen LogP contribution in [-0.4, -0.2) is 34.9 Å². The van der Waals surface area contributed by atoms with Gasteiger partial charge in [-0.05, 0) is 49.1 Å². The molecule has 0 bridgehead atoms. The summed E-state index contributed by atoms with van der Waals surface area (Å²) < 4.78 is 28.9. The molecule has 1 saturated heterocycles. The number of hydrogen-bond acceptors (Lipinski definition) is 6. The fraction of sp³-hybridized carbons (Fsp3) is 0.500. The molecule has 0 aromatic carbocycles. The monoisotopic (exact) mass is 447 g/mol. The summed E-state index contributed by atoms with van der Waals surface area (Å²) in [5.41, 5.74) is 1.88. The molecule has 9 heteroatoms. The van der Waals surface area contributed by atoms with Gasteiger partial charge < -0.3 is 10.2 Å². The minimum absolute atomic E-state index is 0.155. The third kappa shape index (κ3) is 4.39. The van der Waals surface area contributed by atoms with Crippen LogP contribution in [0.5, 0.6) is 0 Å². The molecular formula is C22H27F2N5OS. The van der Waals surface area contributed by atoms with E-state index in [0.29, 0.717) is 28.0 Å². The van der Waals surface area contributed by atoms with Crippen LogP contribution in [-0.2, 0) is 0 Å². The zero-order chi connectivity index (χ0) is 22.2. The molecule has 3 N–H and O–H groups in total. The maximum Gasteiger partial charge on any atom is 0.259 e. The summed E-state index contributed by atoms with van der Waals surface area (Å²) >= 11 is 0.992. The molecule has 2 aliphatic rings. The van der Waals surface area contributed by atoms with Gasteiger partial charge in [0, 0.05) is 48.4 Å². The number of anilines is 2. The number of nitrogens with two attached hydrogens (primary N) is 1. The third-order valence-electron chi connectivity index (χ3n) is 6.38. The van der Waals surface area contributed by atoms with Gasteiger partial charge in [-0.2, -0.15) is 0 Å².